The molecular weight excluding hydrogens is 486 g/mol. The van der Waals surface area contributed by atoms with E-state index in [1.54, 1.807) is 19.2 Å². The van der Waals surface area contributed by atoms with Gasteiger partial charge in [-0.05, 0) is 56.5 Å². The second-order valence-electron chi connectivity index (χ2n) is 9.59. The van der Waals surface area contributed by atoms with E-state index >= 15 is 0 Å². The van der Waals surface area contributed by atoms with Gasteiger partial charge in [-0.3, -0.25) is 9.59 Å². The van der Waals surface area contributed by atoms with E-state index in [0.717, 1.165) is 60.2 Å². The number of amides is 2. The Labute approximate surface area is 213 Å². The number of methoxy groups -OCH3 is 1. The third kappa shape index (κ3) is 5.38. The largest absolute Gasteiger partial charge is 0.384 e. The fraction of sp³-hybridized carbons (Fsp3) is 0.480. The first-order valence-electron chi connectivity index (χ1n) is 12.0. The Kier molecular flexibility index (Phi) is 7.11. The van der Waals surface area contributed by atoms with E-state index in [1.165, 1.54) is 11.3 Å². The van der Waals surface area contributed by atoms with Crippen LogP contribution in [0.1, 0.15) is 50.1 Å². The first-order valence-corrected chi connectivity index (χ1v) is 13.1. The fourth-order valence-corrected chi connectivity index (χ4v) is 6.37. The van der Waals surface area contributed by atoms with Gasteiger partial charge in [-0.1, -0.05) is 11.6 Å². The molecule has 5 rings (SSSR count). The summed E-state index contributed by atoms with van der Waals surface area (Å²) < 4.78 is 5.38. The van der Waals surface area contributed by atoms with Crippen molar-refractivity contribution in [2.45, 2.75) is 44.3 Å². The molecule has 35 heavy (non-hydrogen) atoms. The number of ether oxygens (including phenoxy) is 1. The Hall–Kier alpha value is -2.46. The van der Waals surface area contributed by atoms with Gasteiger partial charge in [0.15, 0.2) is 5.01 Å². The molecule has 0 bridgehead atoms. The van der Waals surface area contributed by atoms with Crippen LogP contribution < -0.4 is 10.6 Å². The van der Waals surface area contributed by atoms with Crippen LogP contribution in [0.3, 0.4) is 0 Å². The summed E-state index contributed by atoms with van der Waals surface area (Å²) in [6.07, 6.45) is 3.28. The first-order chi connectivity index (χ1) is 16.9. The highest BCUT2D eigenvalue weighted by molar-refractivity contribution is 7.13. The molecule has 0 saturated heterocycles. The molecule has 1 fully saturated rings. The zero-order chi connectivity index (χ0) is 24.5. The van der Waals surface area contributed by atoms with E-state index in [2.05, 4.69) is 32.5 Å². The van der Waals surface area contributed by atoms with Crippen molar-refractivity contribution in [3.05, 3.63) is 50.6 Å². The molecule has 8 nitrogen and oxygen atoms in total. The number of H-pyrrole nitrogens is 1. The molecule has 0 spiro atoms. The van der Waals surface area contributed by atoms with Crippen LogP contribution in [0.4, 0.5) is 0 Å². The SMILES string of the molecule is COC[C@H]1CC[C@H](NC(=O)c2cc3cc(Cl)ccc3[nH]2)C(NC(=O)c2nc3c(s2)CN(C)CC3)C1. The van der Waals surface area contributed by atoms with Crippen LogP contribution in [0.5, 0.6) is 0 Å². The summed E-state index contributed by atoms with van der Waals surface area (Å²) in [5, 5.41) is 8.34. The molecule has 186 valence electrons. The van der Waals surface area contributed by atoms with E-state index in [9.17, 15) is 9.59 Å². The number of nitrogens with one attached hydrogen (secondary N) is 3. The number of thiazole rings is 1. The molecule has 3 aromatic rings. The third-order valence-electron chi connectivity index (χ3n) is 6.94. The molecule has 1 aliphatic carbocycles. The highest BCUT2D eigenvalue weighted by atomic mass is 35.5. The molecular formula is C25H30ClN5O3S. The number of hydrogen-bond donors (Lipinski definition) is 3. The molecule has 2 aromatic heterocycles. The Bertz CT molecular complexity index is 1240. The predicted octanol–water partition coefficient (Wildman–Crippen LogP) is 3.61. The maximum Gasteiger partial charge on any atom is 0.280 e. The first kappa shape index (κ1) is 24.2. The van der Waals surface area contributed by atoms with Crippen molar-refractivity contribution in [1.29, 1.82) is 0 Å². The maximum atomic E-state index is 13.2. The number of hydrogen-bond acceptors (Lipinski definition) is 6. The quantitative estimate of drug-likeness (QED) is 0.466. The van der Waals surface area contributed by atoms with Crippen molar-refractivity contribution >= 4 is 45.7 Å². The van der Waals surface area contributed by atoms with Crippen molar-refractivity contribution in [3.8, 4) is 0 Å². The summed E-state index contributed by atoms with van der Waals surface area (Å²) in [6, 6.07) is 6.89. The minimum absolute atomic E-state index is 0.172. The molecule has 1 aliphatic heterocycles. The number of fused-ring (bicyclic) bond motifs is 2. The van der Waals surface area contributed by atoms with E-state index in [-0.39, 0.29) is 23.9 Å². The molecule has 2 aliphatic rings. The number of benzene rings is 1. The number of likely N-dealkylation sites (N-methyl/N-ethyl adjacent to an activating group) is 1. The Morgan fingerprint density at radius 3 is 2.89 bits per heavy atom. The van der Waals surface area contributed by atoms with Crippen molar-refractivity contribution in [1.82, 2.24) is 25.5 Å². The smallest absolute Gasteiger partial charge is 0.280 e. The van der Waals surface area contributed by atoms with Gasteiger partial charge in [-0.2, -0.15) is 0 Å². The standard InChI is InChI=1S/C25H30ClN5O3S/c1-31-8-7-19-22(12-31)35-25(30-19)24(33)29-20-9-14(13-34-2)3-5-18(20)28-23(32)21-11-15-10-16(26)4-6-17(15)27-21/h4,6,10-11,14,18,20,27H,3,5,7-9,12-13H2,1-2H3,(H,28,32)(H,29,33)/t14-,18-,20?/m0/s1. The summed E-state index contributed by atoms with van der Waals surface area (Å²) in [5.41, 5.74) is 2.36. The fourth-order valence-electron chi connectivity index (χ4n) is 5.10. The normalized spacial score (nSPS) is 22.7. The lowest BCUT2D eigenvalue weighted by molar-refractivity contribution is 0.0778. The lowest BCUT2D eigenvalue weighted by atomic mass is 9.82. The molecule has 1 saturated carbocycles. The molecule has 3 heterocycles. The molecule has 1 unspecified atom stereocenters. The van der Waals surface area contributed by atoms with Gasteiger partial charge in [0, 0.05) is 66.1 Å². The monoisotopic (exact) mass is 515 g/mol. The molecule has 10 heteroatoms. The summed E-state index contributed by atoms with van der Waals surface area (Å²) in [7, 11) is 3.77. The predicted molar refractivity (Wildman–Crippen MR) is 137 cm³/mol. The second-order valence-corrected chi connectivity index (χ2v) is 11.1. The van der Waals surface area contributed by atoms with Crippen molar-refractivity contribution in [2.75, 3.05) is 27.3 Å². The average Bonchev–Trinajstić information content (AvgIpc) is 3.44. The van der Waals surface area contributed by atoms with Crippen molar-refractivity contribution in [3.63, 3.8) is 0 Å². The minimum atomic E-state index is -0.206. The lowest BCUT2D eigenvalue weighted by Gasteiger charge is -2.36. The van der Waals surface area contributed by atoms with Crippen LogP contribution in [0.2, 0.25) is 5.02 Å². The molecule has 0 radical (unpaired) electrons. The Balaban J connectivity index is 1.31. The molecule has 3 N–H and O–H groups in total. The van der Waals surface area contributed by atoms with Gasteiger partial charge in [-0.15, -0.1) is 11.3 Å². The Morgan fingerprint density at radius 1 is 1.23 bits per heavy atom. The van der Waals surface area contributed by atoms with E-state index in [1.807, 2.05) is 12.1 Å². The van der Waals surface area contributed by atoms with Gasteiger partial charge in [0.05, 0.1) is 5.69 Å². The van der Waals surface area contributed by atoms with Crippen LogP contribution in [-0.4, -0.2) is 66.1 Å². The summed E-state index contributed by atoms with van der Waals surface area (Å²) in [4.78, 5) is 37.5. The molecule has 3 atom stereocenters. The van der Waals surface area contributed by atoms with Gasteiger partial charge >= 0.3 is 0 Å². The lowest BCUT2D eigenvalue weighted by Crippen LogP contribution is -2.55. The van der Waals surface area contributed by atoms with Crippen LogP contribution in [0.15, 0.2) is 24.3 Å². The summed E-state index contributed by atoms with van der Waals surface area (Å²) >= 11 is 7.56. The van der Waals surface area contributed by atoms with Gasteiger partial charge in [-0.25, -0.2) is 4.98 Å². The summed E-state index contributed by atoms with van der Waals surface area (Å²) in [6.45, 7) is 2.41. The van der Waals surface area contributed by atoms with Crippen LogP contribution in [0, 0.1) is 5.92 Å². The van der Waals surface area contributed by atoms with E-state index in [0.29, 0.717) is 28.2 Å². The number of halogens is 1. The zero-order valence-electron chi connectivity index (χ0n) is 19.9. The minimum Gasteiger partial charge on any atom is -0.384 e. The molecule has 2 amide bonds. The van der Waals surface area contributed by atoms with Gasteiger partial charge in [0.25, 0.3) is 11.8 Å². The number of aromatic nitrogens is 2. The van der Waals surface area contributed by atoms with E-state index in [4.69, 9.17) is 16.3 Å². The third-order valence-corrected chi connectivity index (χ3v) is 8.25. The van der Waals surface area contributed by atoms with Gasteiger partial charge < -0.3 is 25.3 Å². The number of aromatic amines is 1. The second kappa shape index (κ2) is 10.3. The summed E-state index contributed by atoms with van der Waals surface area (Å²) in [5.74, 6) is -0.0408. The van der Waals surface area contributed by atoms with Crippen LogP contribution in [-0.2, 0) is 17.7 Å². The van der Waals surface area contributed by atoms with E-state index < -0.39 is 0 Å². The number of rotatable bonds is 6. The zero-order valence-corrected chi connectivity index (χ0v) is 21.5. The number of carbonyl (C=O) groups excluding carboxylic acids is 2. The van der Waals surface area contributed by atoms with Crippen LogP contribution in [0.25, 0.3) is 10.9 Å². The highest BCUT2D eigenvalue weighted by Gasteiger charge is 2.34. The highest BCUT2D eigenvalue weighted by Crippen LogP contribution is 2.28. The van der Waals surface area contributed by atoms with Crippen LogP contribution >= 0.6 is 22.9 Å². The topological polar surface area (TPSA) is 99.3 Å². The maximum absolute atomic E-state index is 13.2. The van der Waals surface area contributed by atoms with Crippen molar-refractivity contribution < 1.29 is 14.3 Å². The number of carbonyl (C=O) groups is 2. The average molecular weight is 516 g/mol. The van der Waals surface area contributed by atoms with Crippen molar-refractivity contribution in [2.24, 2.45) is 5.92 Å². The molecule has 1 aromatic carbocycles. The Morgan fingerprint density at radius 2 is 2.06 bits per heavy atom. The number of nitrogens with zero attached hydrogens (tertiary/aromatic N) is 2. The van der Waals surface area contributed by atoms with Gasteiger partial charge in [0.2, 0.25) is 0 Å². The van der Waals surface area contributed by atoms with Gasteiger partial charge in [0.1, 0.15) is 5.69 Å².